The number of pyridine rings is 1. The van der Waals surface area contributed by atoms with Crippen LogP contribution in [0.1, 0.15) is 22.7 Å². The lowest BCUT2D eigenvalue weighted by Crippen LogP contribution is -2.29. The van der Waals surface area contributed by atoms with E-state index in [0.29, 0.717) is 5.82 Å². The van der Waals surface area contributed by atoms with Crippen molar-refractivity contribution in [2.75, 3.05) is 5.73 Å². The third-order valence-electron chi connectivity index (χ3n) is 3.08. The maximum absolute atomic E-state index is 5.69. The third kappa shape index (κ3) is 3.53. The van der Waals surface area contributed by atoms with Crippen molar-refractivity contribution in [3.8, 4) is 0 Å². The van der Waals surface area contributed by atoms with Crippen LogP contribution in [-0.2, 0) is 6.42 Å². The van der Waals surface area contributed by atoms with Gasteiger partial charge in [-0.1, -0.05) is 28.1 Å². The van der Waals surface area contributed by atoms with Gasteiger partial charge >= 0.3 is 0 Å². The van der Waals surface area contributed by atoms with Crippen molar-refractivity contribution in [3.63, 3.8) is 0 Å². The molecule has 0 saturated carbocycles. The van der Waals surface area contributed by atoms with E-state index < -0.39 is 0 Å². The molecule has 1 aromatic heterocycles. The summed E-state index contributed by atoms with van der Waals surface area (Å²) < 4.78 is 1.08. The van der Waals surface area contributed by atoms with Gasteiger partial charge in [0.05, 0.1) is 6.04 Å². The van der Waals surface area contributed by atoms with Crippen LogP contribution in [0.15, 0.2) is 41.0 Å². The summed E-state index contributed by atoms with van der Waals surface area (Å²) in [7, 11) is 0. The molecule has 1 atom stereocenters. The van der Waals surface area contributed by atoms with E-state index in [1.54, 1.807) is 6.20 Å². The number of halogens is 1. The van der Waals surface area contributed by atoms with Crippen LogP contribution in [0, 0.1) is 6.92 Å². The molecule has 2 aromatic rings. The lowest BCUT2D eigenvalue weighted by atomic mass is 9.99. The zero-order chi connectivity index (χ0) is 13.8. The summed E-state index contributed by atoms with van der Waals surface area (Å²) >= 11 is 3.54. The normalized spacial score (nSPS) is 12.4. The predicted molar refractivity (Wildman–Crippen MR) is 81.3 cm³/mol. The van der Waals surface area contributed by atoms with E-state index in [1.807, 2.05) is 12.1 Å². The molecule has 0 aliphatic heterocycles. The first-order chi connectivity index (χ1) is 9.10. The molecule has 100 valence electrons. The van der Waals surface area contributed by atoms with Gasteiger partial charge in [-0.25, -0.2) is 4.98 Å². The van der Waals surface area contributed by atoms with Gasteiger partial charge < -0.3 is 5.73 Å². The smallest absolute Gasteiger partial charge is 0.123 e. The summed E-state index contributed by atoms with van der Waals surface area (Å²) in [5.74, 6) is 6.19. The molecule has 2 rings (SSSR count). The van der Waals surface area contributed by atoms with E-state index in [4.69, 9.17) is 11.6 Å². The van der Waals surface area contributed by atoms with Crippen molar-refractivity contribution >= 4 is 21.7 Å². The van der Waals surface area contributed by atoms with Gasteiger partial charge in [0.2, 0.25) is 0 Å². The molecule has 5 N–H and O–H groups in total. The topological polar surface area (TPSA) is 77.0 Å². The first-order valence-corrected chi connectivity index (χ1v) is 6.82. The van der Waals surface area contributed by atoms with Crippen molar-refractivity contribution in [2.45, 2.75) is 19.4 Å². The second-order valence-electron chi connectivity index (χ2n) is 4.52. The van der Waals surface area contributed by atoms with Gasteiger partial charge in [0, 0.05) is 10.7 Å². The summed E-state index contributed by atoms with van der Waals surface area (Å²) in [5.41, 5.74) is 12.0. The molecule has 0 aliphatic rings. The summed E-state index contributed by atoms with van der Waals surface area (Å²) in [6.07, 6.45) is 2.47. The molecule has 0 bridgehead atoms. The predicted octanol–water partition coefficient (Wildman–Crippen LogP) is 2.48. The highest BCUT2D eigenvalue weighted by Crippen LogP contribution is 2.24. The van der Waals surface area contributed by atoms with Gasteiger partial charge in [-0.2, -0.15) is 0 Å². The molecule has 0 amide bonds. The molecule has 1 unspecified atom stereocenters. The fourth-order valence-electron chi connectivity index (χ4n) is 1.96. The Morgan fingerprint density at radius 1 is 1.32 bits per heavy atom. The molecule has 0 radical (unpaired) electrons. The average molecular weight is 321 g/mol. The molecular weight excluding hydrogens is 304 g/mol. The highest BCUT2D eigenvalue weighted by molar-refractivity contribution is 9.10. The monoisotopic (exact) mass is 320 g/mol. The van der Waals surface area contributed by atoms with Crippen molar-refractivity contribution in [1.29, 1.82) is 0 Å². The van der Waals surface area contributed by atoms with Crippen molar-refractivity contribution in [3.05, 3.63) is 57.7 Å². The van der Waals surface area contributed by atoms with Crippen LogP contribution < -0.4 is 17.0 Å². The molecule has 19 heavy (non-hydrogen) atoms. The summed E-state index contributed by atoms with van der Waals surface area (Å²) in [4.78, 5) is 3.99. The number of rotatable bonds is 4. The fraction of sp³-hybridized carbons (Fsp3) is 0.214. The Hall–Kier alpha value is -1.43. The number of hydrogen-bond donors (Lipinski definition) is 3. The zero-order valence-corrected chi connectivity index (χ0v) is 12.3. The van der Waals surface area contributed by atoms with E-state index in [0.717, 1.165) is 22.0 Å². The molecule has 4 nitrogen and oxygen atoms in total. The molecule has 5 heteroatoms. The number of nitrogens with two attached hydrogens (primary N) is 2. The van der Waals surface area contributed by atoms with Crippen LogP contribution in [-0.4, -0.2) is 4.98 Å². The van der Waals surface area contributed by atoms with Crippen molar-refractivity contribution in [2.24, 2.45) is 5.84 Å². The van der Waals surface area contributed by atoms with Gasteiger partial charge in [-0.05, 0) is 48.2 Å². The number of aryl methyl sites for hydroxylation is 1. The number of nitrogens with one attached hydrogen (secondary N) is 1. The molecule has 1 aromatic carbocycles. The summed E-state index contributed by atoms with van der Waals surface area (Å²) in [6, 6.07) is 10.1. The van der Waals surface area contributed by atoms with Gasteiger partial charge in [0.15, 0.2) is 0 Å². The van der Waals surface area contributed by atoms with Crippen molar-refractivity contribution < 1.29 is 0 Å². The van der Waals surface area contributed by atoms with Gasteiger partial charge in [-0.15, -0.1) is 0 Å². The molecule has 0 saturated heterocycles. The minimum atomic E-state index is 0.0405. The highest BCUT2D eigenvalue weighted by Gasteiger charge is 2.12. The van der Waals surface area contributed by atoms with Crippen LogP contribution in [0.4, 0.5) is 5.82 Å². The maximum Gasteiger partial charge on any atom is 0.123 e. The molecule has 1 heterocycles. The summed E-state index contributed by atoms with van der Waals surface area (Å²) in [6.45, 7) is 2.06. The Kier molecular flexibility index (Phi) is 4.52. The number of anilines is 1. The Morgan fingerprint density at radius 2 is 2.11 bits per heavy atom. The number of nitrogen functional groups attached to an aromatic ring is 1. The first-order valence-electron chi connectivity index (χ1n) is 6.02. The number of hydrazine groups is 1. The lowest BCUT2D eigenvalue weighted by molar-refractivity contribution is 0.551. The minimum absolute atomic E-state index is 0.0405. The van der Waals surface area contributed by atoms with Crippen molar-refractivity contribution in [1.82, 2.24) is 10.4 Å². The lowest BCUT2D eigenvalue weighted by Gasteiger charge is -2.17. The molecule has 0 fully saturated rings. The Morgan fingerprint density at radius 3 is 2.74 bits per heavy atom. The average Bonchev–Trinajstić information content (AvgIpc) is 2.39. The van der Waals surface area contributed by atoms with Crippen LogP contribution in [0.5, 0.6) is 0 Å². The van der Waals surface area contributed by atoms with E-state index in [9.17, 15) is 0 Å². The number of nitrogens with zero attached hydrogens (tertiary/aromatic N) is 1. The number of hydrogen-bond acceptors (Lipinski definition) is 4. The SMILES string of the molecule is Cc1ccc(C(Cc2ccnc(N)c2)NN)cc1Br. The Labute approximate surface area is 121 Å². The molecule has 0 spiro atoms. The quantitative estimate of drug-likeness (QED) is 0.597. The van der Waals surface area contributed by atoms with E-state index in [2.05, 4.69) is 51.5 Å². The maximum atomic E-state index is 5.69. The van der Waals surface area contributed by atoms with Crippen LogP contribution in [0.25, 0.3) is 0 Å². The molecular formula is C14H17BrN4. The van der Waals surface area contributed by atoms with Gasteiger partial charge in [0.1, 0.15) is 5.82 Å². The summed E-state index contributed by atoms with van der Waals surface area (Å²) in [5, 5.41) is 0. The second kappa shape index (κ2) is 6.14. The minimum Gasteiger partial charge on any atom is -0.384 e. The van der Waals surface area contributed by atoms with Gasteiger partial charge in [0.25, 0.3) is 0 Å². The van der Waals surface area contributed by atoms with E-state index in [1.165, 1.54) is 5.56 Å². The fourth-order valence-corrected chi connectivity index (χ4v) is 2.35. The van der Waals surface area contributed by atoms with Gasteiger partial charge in [-0.3, -0.25) is 11.3 Å². The number of aromatic nitrogens is 1. The first kappa shape index (κ1) is 14.0. The second-order valence-corrected chi connectivity index (χ2v) is 5.38. The zero-order valence-electron chi connectivity index (χ0n) is 10.7. The Balaban J connectivity index is 2.22. The number of benzene rings is 1. The van der Waals surface area contributed by atoms with Crippen LogP contribution in [0.3, 0.4) is 0 Å². The standard InChI is InChI=1S/C14H17BrN4/c1-9-2-3-11(8-12(9)15)13(19-17)6-10-4-5-18-14(16)7-10/h2-5,7-8,13,19H,6,17H2,1H3,(H2,16,18). The third-order valence-corrected chi connectivity index (χ3v) is 3.94. The van der Waals surface area contributed by atoms with E-state index >= 15 is 0 Å². The van der Waals surface area contributed by atoms with Crippen LogP contribution >= 0.6 is 15.9 Å². The van der Waals surface area contributed by atoms with Crippen LogP contribution in [0.2, 0.25) is 0 Å². The van der Waals surface area contributed by atoms with E-state index in [-0.39, 0.29) is 6.04 Å². The highest BCUT2D eigenvalue weighted by atomic mass is 79.9. The Bertz CT molecular complexity index is 571. The molecule has 0 aliphatic carbocycles. The largest absolute Gasteiger partial charge is 0.384 e.